The van der Waals surface area contributed by atoms with E-state index in [2.05, 4.69) is 20.5 Å². The molecule has 0 bridgehead atoms. The van der Waals surface area contributed by atoms with Gasteiger partial charge in [0.25, 0.3) is 0 Å². The zero-order valence-electron chi connectivity index (χ0n) is 11.1. The Labute approximate surface area is 126 Å². The number of rotatable bonds is 2. The lowest BCUT2D eigenvalue weighted by Gasteiger charge is -1.99. The molecule has 0 radical (unpaired) electrons. The fourth-order valence-electron chi connectivity index (χ4n) is 2.02. The van der Waals surface area contributed by atoms with Crippen LogP contribution in [0.2, 0.25) is 0 Å². The first-order chi connectivity index (χ1) is 10.6. The summed E-state index contributed by atoms with van der Waals surface area (Å²) in [5.41, 5.74) is 0.718. The van der Waals surface area contributed by atoms with Crippen molar-refractivity contribution in [2.45, 2.75) is 6.92 Å². The third-order valence-corrected chi connectivity index (χ3v) is 3.91. The average molecular weight is 319 g/mol. The van der Waals surface area contributed by atoms with Gasteiger partial charge in [0.1, 0.15) is 11.6 Å². The monoisotopic (exact) mass is 319 g/mol. The zero-order chi connectivity index (χ0) is 15.3. The summed E-state index contributed by atoms with van der Waals surface area (Å²) in [4.78, 5) is 0.447. The van der Waals surface area contributed by atoms with Gasteiger partial charge in [-0.2, -0.15) is 4.52 Å². The van der Waals surface area contributed by atoms with Crippen molar-refractivity contribution in [2.24, 2.45) is 0 Å². The number of aryl methyl sites for hydroxylation is 1. The molecule has 0 unspecified atom stereocenters. The lowest BCUT2D eigenvalue weighted by Crippen LogP contribution is -1.94. The molecule has 1 aromatic carbocycles. The molecular formula is C13H7F2N5OS. The van der Waals surface area contributed by atoms with E-state index in [1.165, 1.54) is 15.9 Å². The largest absolute Gasteiger partial charge is 0.353 e. The van der Waals surface area contributed by atoms with Crippen LogP contribution in [0.4, 0.5) is 8.78 Å². The number of nitrogens with zero attached hydrogens (tertiary/aromatic N) is 5. The Morgan fingerprint density at radius 1 is 1.18 bits per heavy atom. The maximum absolute atomic E-state index is 13.9. The van der Waals surface area contributed by atoms with E-state index < -0.39 is 11.6 Å². The zero-order valence-corrected chi connectivity index (χ0v) is 11.9. The van der Waals surface area contributed by atoms with Crippen molar-refractivity contribution >= 4 is 16.3 Å². The highest BCUT2D eigenvalue weighted by Crippen LogP contribution is 2.29. The van der Waals surface area contributed by atoms with Gasteiger partial charge in [-0.05, 0) is 25.1 Å². The van der Waals surface area contributed by atoms with E-state index in [1.807, 2.05) is 0 Å². The van der Waals surface area contributed by atoms with E-state index in [4.69, 9.17) is 4.52 Å². The summed E-state index contributed by atoms with van der Waals surface area (Å²) in [5, 5.41) is 16.4. The van der Waals surface area contributed by atoms with Crippen LogP contribution in [0.15, 0.2) is 28.8 Å². The van der Waals surface area contributed by atoms with Crippen LogP contribution < -0.4 is 0 Å². The van der Waals surface area contributed by atoms with Crippen LogP contribution in [0.25, 0.3) is 27.1 Å². The summed E-state index contributed by atoms with van der Waals surface area (Å²) in [6.07, 6.45) is 0. The molecule has 0 atom stereocenters. The first-order valence-electron chi connectivity index (χ1n) is 6.23. The summed E-state index contributed by atoms with van der Waals surface area (Å²) in [5.74, 6) is -0.542. The molecule has 9 heteroatoms. The Kier molecular flexibility index (Phi) is 2.76. The molecule has 0 spiro atoms. The minimum atomic E-state index is -0.597. The third-order valence-electron chi connectivity index (χ3n) is 3.00. The van der Waals surface area contributed by atoms with Gasteiger partial charge in [-0.3, -0.25) is 0 Å². The van der Waals surface area contributed by atoms with Gasteiger partial charge in [-0.1, -0.05) is 16.5 Å². The number of hydrogen-bond acceptors (Lipinski definition) is 6. The summed E-state index contributed by atoms with van der Waals surface area (Å²) >= 11 is 1.22. The van der Waals surface area contributed by atoms with E-state index >= 15 is 0 Å². The van der Waals surface area contributed by atoms with Crippen molar-refractivity contribution < 1.29 is 13.3 Å². The summed E-state index contributed by atoms with van der Waals surface area (Å²) in [7, 11) is 0. The molecule has 3 heterocycles. The number of aromatic nitrogens is 5. The topological polar surface area (TPSA) is 69.1 Å². The minimum absolute atomic E-state index is 0.00176. The molecule has 0 N–H and O–H groups in total. The van der Waals surface area contributed by atoms with Crippen LogP contribution in [-0.2, 0) is 0 Å². The molecule has 4 rings (SSSR count). The average Bonchev–Trinajstić information content (AvgIpc) is 3.16. The second-order valence-corrected chi connectivity index (χ2v) is 5.54. The molecule has 0 saturated heterocycles. The highest BCUT2D eigenvalue weighted by molar-refractivity contribution is 7.19. The van der Waals surface area contributed by atoms with E-state index in [-0.39, 0.29) is 11.4 Å². The maximum Gasteiger partial charge on any atom is 0.235 e. The highest BCUT2D eigenvalue weighted by atomic mass is 32.1. The van der Waals surface area contributed by atoms with Gasteiger partial charge >= 0.3 is 0 Å². The molecule has 0 amide bonds. The fourth-order valence-corrected chi connectivity index (χ4v) is 2.81. The van der Waals surface area contributed by atoms with Crippen molar-refractivity contribution in [3.63, 3.8) is 0 Å². The molecule has 6 nitrogen and oxygen atoms in total. The van der Waals surface area contributed by atoms with E-state index in [9.17, 15) is 8.78 Å². The second kappa shape index (κ2) is 4.67. The molecule has 0 aliphatic heterocycles. The number of fused-ring (bicyclic) bond motifs is 1. The first kappa shape index (κ1) is 13.0. The number of halogens is 2. The Morgan fingerprint density at radius 2 is 2.05 bits per heavy atom. The van der Waals surface area contributed by atoms with E-state index in [1.54, 1.807) is 13.0 Å². The molecule has 0 aliphatic carbocycles. The second-order valence-electron chi connectivity index (χ2n) is 4.58. The van der Waals surface area contributed by atoms with Gasteiger partial charge in [-0.15, -0.1) is 15.3 Å². The maximum atomic E-state index is 13.9. The normalized spacial score (nSPS) is 11.4. The molecule has 110 valence electrons. The van der Waals surface area contributed by atoms with Gasteiger partial charge in [0, 0.05) is 6.07 Å². The summed E-state index contributed by atoms with van der Waals surface area (Å²) < 4.78 is 33.7. The third kappa shape index (κ3) is 1.98. The van der Waals surface area contributed by atoms with Crippen molar-refractivity contribution in [2.75, 3.05) is 0 Å². The predicted octanol–water partition coefficient (Wildman–Crippen LogP) is 3.09. The smallest absolute Gasteiger partial charge is 0.235 e. The Balaban J connectivity index is 1.89. The summed E-state index contributed by atoms with van der Waals surface area (Å²) in [6.45, 7) is 1.79. The van der Waals surface area contributed by atoms with E-state index in [0.29, 0.717) is 15.7 Å². The Morgan fingerprint density at radius 3 is 2.82 bits per heavy atom. The van der Waals surface area contributed by atoms with Crippen molar-refractivity contribution in [1.29, 1.82) is 0 Å². The van der Waals surface area contributed by atoms with Crippen molar-refractivity contribution in [3.8, 4) is 22.2 Å². The highest BCUT2D eigenvalue weighted by Gasteiger charge is 2.19. The predicted molar refractivity (Wildman–Crippen MR) is 74.2 cm³/mol. The molecule has 0 saturated carbocycles. The molecule has 0 fully saturated rings. The van der Waals surface area contributed by atoms with Gasteiger partial charge < -0.3 is 4.52 Å². The van der Waals surface area contributed by atoms with Crippen LogP contribution in [0.5, 0.6) is 0 Å². The van der Waals surface area contributed by atoms with Crippen molar-refractivity contribution in [1.82, 2.24) is 25.0 Å². The Bertz CT molecular complexity index is 990. The number of hydrogen-bond donors (Lipinski definition) is 0. The fraction of sp³-hybridized carbons (Fsp3) is 0.0769. The van der Waals surface area contributed by atoms with Gasteiger partial charge in [0.05, 0.1) is 11.3 Å². The van der Waals surface area contributed by atoms with Crippen LogP contribution in [0, 0.1) is 18.6 Å². The first-order valence-corrected chi connectivity index (χ1v) is 7.05. The van der Waals surface area contributed by atoms with Gasteiger partial charge in [0.15, 0.2) is 16.6 Å². The van der Waals surface area contributed by atoms with Gasteiger partial charge in [-0.25, -0.2) is 8.78 Å². The standard InChI is InChI=1S/C13H7F2N5OS/c1-6-4-10(21-19-6)12-18-20-11(16-17-13(20)22-12)8-5-7(14)2-3-9(8)15/h2-5H,1H3. The van der Waals surface area contributed by atoms with Crippen molar-refractivity contribution in [3.05, 3.63) is 41.6 Å². The molecule has 4 aromatic rings. The van der Waals surface area contributed by atoms with Gasteiger partial charge in [0.2, 0.25) is 4.96 Å². The lowest BCUT2D eigenvalue weighted by atomic mass is 10.2. The minimum Gasteiger partial charge on any atom is -0.353 e. The van der Waals surface area contributed by atoms with Crippen LogP contribution in [-0.4, -0.2) is 25.0 Å². The number of benzene rings is 1. The molecule has 22 heavy (non-hydrogen) atoms. The molecule has 3 aromatic heterocycles. The van der Waals surface area contributed by atoms with E-state index in [0.717, 1.165) is 23.9 Å². The molecular weight excluding hydrogens is 312 g/mol. The quantitative estimate of drug-likeness (QED) is 0.568. The van der Waals surface area contributed by atoms with Crippen LogP contribution in [0.1, 0.15) is 5.69 Å². The van der Waals surface area contributed by atoms with Crippen LogP contribution >= 0.6 is 11.3 Å². The Hall–Kier alpha value is -2.68. The SMILES string of the molecule is Cc1cc(-c2nn3c(-c4cc(F)ccc4F)nnc3s2)on1. The summed E-state index contributed by atoms with van der Waals surface area (Å²) in [6, 6.07) is 4.87. The van der Waals surface area contributed by atoms with Crippen LogP contribution in [0.3, 0.4) is 0 Å². The molecule has 0 aliphatic rings. The lowest BCUT2D eigenvalue weighted by molar-refractivity contribution is 0.426.